The minimum absolute atomic E-state index is 0. The number of nitrogen functional groups attached to an aromatic ring is 2. The molecule has 4 aromatic rings. The molecule has 2 aromatic carbocycles. The van der Waals surface area contributed by atoms with Crippen molar-refractivity contribution in [3.63, 3.8) is 0 Å². The van der Waals surface area contributed by atoms with E-state index in [-0.39, 0.29) is 64.8 Å². The summed E-state index contributed by atoms with van der Waals surface area (Å²) in [4.78, 5) is 67.2. The van der Waals surface area contributed by atoms with E-state index in [1.807, 2.05) is 9.80 Å². The highest BCUT2D eigenvalue weighted by Gasteiger charge is 2.23. The molecule has 0 aliphatic carbocycles. The number of methoxy groups -OCH3 is 2. The Labute approximate surface area is 347 Å². The maximum Gasteiger partial charge on any atom is 0.224 e. The van der Waals surface area contributed by atoms with Crippen LogP contribution in [-0.4, -0.2) is 116 Å². The molecular formula is C41H56N10O7S. The Morgan fingerprint density at radius 2 is 1.15 bits per heavy atom. The Hall–Kier alpha value is -6.01. The highest BCUT2D eigenvalue weighted by Crippen LogP contribution is 2.21. The van der Waals surface area contributed by atoms with Crippen molar-refractivity contribution in [2.45, 2.75) is 71.1 Å². The van der Waals surface area contributed by atoms with Crippen LogP contribution in [0.25, 0.3) is 0 Å². The van der Waals surface area contributed by atoms with Crippen molar-refractivity contribution in [2.24, 2.45) is 5.73 Å². The molecule has 4 heterocycles. The SMILES string of the molecule is C.CC(=O)N1CCC(N)CC1.CCS(=O)c1ncc(C(=O)c2ccc(OC)cc2)c(N)n1.COc1ccc(C(=O)c2cnc(NC3CCN(C(C)=O)CC3)nc2N)cc1. The number of piperidine rings is 2. The van der Waals surface area contributed by atoms with Gasteiger partial charge < -0.3 is 41.8 Å². The van der Waals surface area contributed by atoms with Crippen LogP contribution in [0.1, 0.15) is 85.7 Å². The van der Waals surface area contributed by atoms with Gasteiger partial charge >= 0.3 is 0 Å². The first-order chi connectivity index (χ1) is 27.7. The fourth-order valence-corrected chi connectivity index (χ4v) is 6.59. The lowest BCUT2D eigenvalue weighted by Gasteiger charge is -2.31. The lowest BCUT2D eigenvalue weighted by molar-refractivity contribution is -0.130. The maximum absolute atomic E-state index is 12.6. The first kappa shape index (κ1) is 47.4. The van der Waals surface area contributed by atoms with Crippen LogP contribution in [0.15, 0.2) is 66.1 Å². The van der Waals surface area contributed by atoms with Crippen LogP contribution in [0, 0.1) is 0 Å². The van der Waals surface area contributed by atoms with Crippen LogP contribution in [0.4, 0.5) is 17.6 Å². The molecule has 17 nitrogen and oxygen atoms in total. The average molecular weight is 833 g/mol. The van der Waals surface area contributed by atoms with Gasteiger partial charge in [-0.3, -0.25) is 23.4 Å². The van der Waals surface area contributed by atoms with Gasteiger partial charge in [-0.2, -0.15) is 4.98 Å². The number of nitrogens with zero attached hydrogens (tertiary/aromatic N) is 6. The second kappa shape index (κ2) is 22.8. The topological polar surface area (TPSA) is 252 Å². The Kier molecular flexibility index (Phi) is 18.3. The molecule has 18 heteroatoms. The van der Waals surface area contributed by atoms with Gasteiger partial charge in [0.25, 0.3) is 0 Å². The zero-order valence-corrected chi connectivity index (χ0v) is 34.3. The fourth-order valence-electron chi connectivity index (χ4n) is 5.96. The molecule has 2 aliphatic rings. The van der Waals surface area contributed by atoms with Crippen molar-refractivity contribution in [3.8, 4) is 11.5 Å². The first-order valence-electron chi connectivity index (χ1n) is 18.8. The van der Waals surface area contributed by atoms with Gasteiger partial charge in [0.2, 0.25) is 22.9 Å². The van der Waals surface area contributed by atoms with Gasteiger partial charge in [-0.25, -0.2) is 15.0 Å². The number of ketones is 2. The monoisotopic (exact) mass is 832 g/mol. The van der Waals surface area contributed by atoms with Gasteiger partial charge in [0, 0.05) is 81.4 Å². The van der Waals surface area contributed by atoms with E-state index in [1.165, 1.54) is 12.4 Å². The predicted octanol–water partition coefficient (Wildman–Crippen LogP) is 3.74. The van der Waals surface area contributed by atoms with E-state index in [0.717, 1.165) is 38.8 Å². The summed E-state index contributed by atoms with van der Waals surface area (Å²) in [6, 6.07) is 13.9. The third kappa shape index (κ3) is 13.5. The van der Waals surface area contributed by atoms with E-state index in [1.54, 1.807) is 83.5 Å². The van der Waals surface area contributed by atoms with Gasteiger partial charge in [0.05, 0.1) is 36.1 Å². The van der Waals surface area contributed by atoms with Gasteiger partial charge in [0.15, 0.2) is 11.6 Å². The fraction of sp³-hybridized carbons (Fsp3) is 0.415. The molecule has 0 radical (unpaired) electrons. The summed E-state index contributed by atoms with van der Waals surface area (Å²) in [6.45, 7) is 8.04. The Morgan fingerprint density at radius 1 is 0.729 bits per heavy atom. The third-order valence-electron chi connectivity index (χ3n) is 9.53. The molecule has 2 fully saturated rings. The molecule has 318 valence electrons. The average Bonchev–Trinajstić information content (AvgIpc) is 3.24. The number of carbonyl (C=O) groups excluding carboxylic acids is 4. The predicted molar refractivity (Wildman–Crippen MR) is 228 cm³/mol. The number of anilines is 3. The second-order valence-electron chi connectivity index (χ2n) is 13.5. The quantitative estimate of drug-likeness (QED) is 0.131. The standard InChI is InChI=1S/C19H23N5O3.C14H15N3O3S.C7H14N2O.CH4/c1-12(25)24-9-7-14(8-10-24)22-19-21-11-16(18(20)23-19)17(26)13-3-5-15(27-2)6-4-13;1-3-21(19)14-16-8-11(13(15)17-14)12(18)9-4-6-10(20-2)7-5-9;1-6(10)9-4-2-7(8)3-5-9;/h3-6,11,14H,7-10H2,1-2H3,(H3,20,21,22,23);4-8H,3H2,1-2H3,(H2,15,16,17);7H,2-5,8H2,1H3;1H4. The number of benzene rings is 2. The Bertz CT molecular complexity index is 2050. The summed E-state index contributed by atoms with van der Waals surface area (Å²) in [7, 11) is 1.82. The lowest BCUT2D eigenvalue weighted by Crippen LogP contribution is -2.41. The van der Waals surface area contributed by atoms with Gasteiger partial charge in [-0.15, -0.1) is 0 Å². The van der Waals surface area contributed by atoms with Crippen LogP contribution in [0.3, 0.4) is 0 Å². The number of nitrogens with one attached hydrogen (secondary N) is 1. The van der Waals surface area contributed by atoms with Gasteiger partial charge in [-0.05, 0) is 74.2 Å². The molecule has 1 atom stereocenters. The van der Waals surface area contributed by atoms with Gasteiger partial charge in [0.1, 0.15) is 23.1 Å². The van der Waals surface area contributed by atoms with Crippen LogP contribution >= 0.6 is 0 Å². The second-order valence-corrected chi connectivity index (χ2v) is 15.1. The highest BCUT2D eigenvalue weighted by atomic mass is 32.2. The lowest BCUT2D eigenvalue weighted by atomic mass is 10.0. The molecule has 2 amide bonds. The minimum atomic E-state index is -1.30. The molecule has 2 aliphatic heterocycles. The molecule has 0 saturated carbocycles. The van der Waals surface area contributed by atoms with E-state index in [2.05, 4.69) is 25.3 Å². The summed E-state index contributed by atoms with van der Waals surface area (Å²) >= 11 is 0. The van der Waals surface area contributed by atoms with Crippen molar-refractivity contribution in [3.05, 3.63) is 83.2 Å². The summed E-state index contributed by atoms with van der Waals surface area (Å²) in [5, 5.41) is 3.37. The Morgan fingerprint density at radius 3 is 1.54 bits per heavy atom. The molecule has 2 aromatic heterocycles. The van der Waals surface area contributed by atoms with E-state index in [0.29, 0.717) is 53.5 Å². The van der Waals surface area contributed by atoms with Crippen LogP contribution in [0.5, 0.6) is 11.5 Å². The number of ether oxygens (including phenoxy) is 2. The van der Waals surface area contributed by atoms with E-state index in [4.69, 9.17) is 26.7 Å². The van der Waals surface area contributed by atoms with Gasteiger partial charge in [-0.1, -0.05) is 14.4 Å². The number of aromatic nitrogens is 4. The molecule has 6 rings (SSSR count). The van der Waals surface area contributed by atoms with Crippen LogP contribution < -0.4 is 32.0 Å². The van der Waals surface area contributed by atoms with Crippen molar-refractivity contribution in [2.75, 3.05) is 62.9 Å². The molecule has 0 bridgehead atoms. The van der Waals surface area contributed by atoms with Crippen molar-refractivity contribution < 1.29 is 32.9 Å². The number of carbonyl (C=O) groups is 4. The van der Waals surface area contributed by atoms with E-state index >= 15 is 0 Å². The summed E-state index contributed by atoms with van der Waals surface area (Å²) in [5.74, 6) is 2.01. The number of nitrogens with two attached hydrogens (primary N) is 3. The minimum Gasteiger partial charge on any atom is -0.497 e. The summed E-state index contributed by atoms with van der Waals surface area (Å²) < 4.78 is 21.8. The van der Waals surface area contributed by atoms with E-state index < -0.39 is 10.8 Å². The third-order valence-corrected chi connectivity index (χ3v) is 10.7. The molecule has 7 N–H and O–H groups in total. The number of likely N-dealkylation sites (tertiary alicyclic amines) is 2. The Balaban J connectivity index is 0.000000258. The first-order valence-corrected chi connectivity index (χ1v) is 20.1. The number of rotatable bonds is 10. The van der Waals surface area contributed by atoms with Crippen molar-refractivity contribution >= 4 is 51.8 Å². The van der Waals surface area contributed by atoms with Crippen molar-refractivity contribution in [1.82, 2.24) is 29.7 Å². The smallest absolute Gasteiger partial charge is 0.224 e. The molecule has 1 unspecified atom stereocenters. The summed E-state index contributed by atoms with van der Waals surface area (Å²) in [5.41, 5.74) is 18.8. The van der Waals surface area contributed by atoms with Crippen molar-refractivity contribution in [1.29, 1.82) is 0 Å². The summed E-state index contributed by atoms with van der Waals surface area (Å²) in [6.07, 6.45) is 6.31. The molecular weight excluding hydrogens is 777 g/mol. The number of amides is 2. The maximum atomic E-state index is 12.6. The van der Waals surface area contributed by atoms with Crippen LogP contribution in [0.2, 0.25) is 0 Å². The van der Waals surface area contributed by atoms with E-state index in [9.17, 15) is 23.4 Å². The highest BCUT2D eigenvalue weighted by molar-refractivity contribution is 7.84. The number of hydrogen-bond acceptors (Lipinski definition) is 15. The zero-order valence-electron chi connectivity index (χ0n) is 33.5. The van der Waals surface area contributed by atoms with Crippen LogP contribution in [-0.2, 0) is 20.4 Å². The molecule has 2 saturated heterocycles. The number of hydrogen-bond donors (Lipinski definition) is 4. The molecule has 59 heavy (non-hydrogen) atoms. The zero-order chi connectivity index (χ0) is 42.4. The normalized spacial score (nSPS) is 14.5. The molecule has 0 spiro atoms. The largest absolute Gasteiger partial charge is 0.497 e.